The molecule has 0 aliphatic heterocycles. The molecule has 2 aromatic heterocycles. The molecule has 13 aromatic carbocycles. The molecular weight excluding hydrogens is 929 g/mol. The topological polar surface area (TPSA) is 9.86 Å². The molecule has 0 atom stereocenters. The van der Waals surface area contributed by atoms with E-state index in [-0.39, 0.29) is 0 Å². The quantitative estimate of drug-likeness (QED) is 0.141. The third kappa shape index (κ3) is 6.18. The van der Waals surface area contributed by atoms with E-state index in [0.717, 1.165) is 11.4 Å². The summed E-state index contributed by atoms with van der Waals surface area (Å²) in [5, 5.41) is 9.76. The van der Waals surface area contributed by atoms with Gasteiger partial charge >= 0.3 is 0 Å². The zero-order valence-corrected chi connectivity index (χ0v) is 42.1. The van der Waals surface area contributed by atoms with Gasteiger partial charge in [-0.15, -0.1) is 0 Å². The van der Waals surface area contributed by atoms with Crippen molar-refractivity contribution in [2.45, 2.75) is 5.41 Å². The number of rotatable bonds is 7. The Morgan fingerprint density at radius 3 is 1.12 bits per heavy atom. The molecule has 15 aromatic rings. The van der Waals surface area contributed by atoms with E-state index >= 15 is 0 Å². The van der Waals surface area contributed by atoms with Crippen LogP contribution in [0.15, 0.2) is 291 Å². The highest BCUT2D eigenvalue weighted by Gasteiger charge is 2.47. The second-order valence-electron chi connectivity index (χ2n) is 20.6. The van der Waals surface area contributed by atoms with Crippen LogP contribution in [0.2, 0.25) is 0 Å². The van der Waals surface area contributed by atoms with Crippen LogP contribution < -0.4 is 0 Å². The molecule has 1 aliphatic rings. The highest BCUT2D eigenvalue weighted by molar-refractivity contribution is 6.24. The summed E-state index contributed by atoms with van der Waals surface area (Å²) in [6, 6.07) is 109. The first-order chi connectivity index (χ1) is 38.3. The normalized spacial score (nSPS) is 12.8. The van der Waals surface area contributed by atoms with Crippen LogP contribution >= 0.6 is 0 Å². The average Bonchev–Trinajstić information content (AvgIpc) is 4.37. The van der Waals surface area contributed by atoms with Gasteiger partial charge in [-0.05, 0) is 120 Å². The minimum absolute atomic E-state index is 0.626. The Labute approximate surface area is 446 Å². The van der Waals surface area contributed by atoms with Crippen LogP contribution in [-0.4, -0.2) is 9.13 Å². The molecule has 0 spiro atoms. The van der Waals surface area contributed by atoms with Gasteiger partial charge in [0.2, 0.25) is 0 Å². The first-order valence-electron chi connectivity index (χ1n) is 26.8. The number of fused-ring (bicyclic) bond motifs is 11. The third-order valence-electron chi connectivity index (χ3n) is 16.8. The zero-order chi connectivity index (χ0) is 50.6. The molecule has 77 heavy (non-hydrogen) atoms. The first-order valence-corrected chi connectivity index (χ1v) is 26.8. The van der Waals surface area contributed by atoms with Crippen molar-refractivity contribution in [1.29, 1.82) is 0 Å². The van der Waals surface area contributed by atoms with Crippen molar-refractivity contribution in [3.63, 3.8) is 0 Å². The average molecular weight is 977 g/mol. The molecule has 2 nitrogen and oxygen atoms in total. The van der Waals surface area contributed by atoms with Crippen LogP contribution in [0.5, 0.6) is 0 Å². The number of hydrogen-bond donors (Lipinski definition) is 0. The minimum Gasteiger partial charge on any atom is -0.309 e. The summed E-state index contributed by atoms with van der Waals surface area (Å²) in [4.78, 5) is 0. The fourth-order valence-corrected chi connectivity index (χ4v) is 13.8. The van der Waals surface area contributed by atoms with E-state index in [1.165, 1.54) is 132 Å². The van der Waals surface area contributed by atoms with Crippen molar-refractivity contribution < 1.29 is 0 Å². The van der Waals surface area contributed by atoms with Crippen molar-refractivity contribution in [3.05, 3.63) is 313 Å². The Morgan fingerprint density at radius 2 is 0.597 bits per heavy atom. The lowest BCUT2D eigenvalue weighted by Gasteiger charge is -2.35. The maximum Gasteiger partial charge on any atom is 0.0719 e. The van der Waals surface area contributed by atoms with Gasteiger partial charge in [-0.3, -0.25) is 0 Å². The molecule has 0 N–H and O–H groups in total. The molecule has 0 amide bonds. The summed E-state index contributed by atoms with van der Waals surface area (Å²) >= 11 is 0. The number of nitrogens with zero attached hydrogens (tertiary/aromatic N) is 2. The molecule has 2 heterocycles. The lowest BCUT2D eigenvalue weighted by atomic mass is 9.65. The van der Waals surface area contributed by atoms with Gasteiger partial charge in [-0.1, -0.05) is 249 Å². The number of hydrogen-bond acceptors (Lipinski definition) is 0. The van der Waals surface area contributed by atoms with Gasteiger partial charge in [-0.25, -0.2) is 0 Å². The summed E-state index contributed by atoms with van der Waals surface area (Å²) in [6.07, 6.45) is 0. The summed E-state index contributed by atoms with van der Waals surface area (Å²) in [5.74, 6) is 0. The minimum atomic E-state index is -0.626. The number of benzene rings is 13. The summed E-state index contributed by atoms with van der Waals surface area (Å²) in [5.41, 5.74) is 21.3. The summed E-state index contributed by atoms with van der Waals surface area (Å²) < 4.78 is 4.95. The number of aromatic nitrogens is 2. The van der Waals surface area contributed by atoms with E-state index in [9.17, 15) is 0 Å². The molecule has 0 saturated carbocycles. The third-order valence-corrected chi connectivity index (χ3v) is 16.8. The van der Waals surface area contributed by atoms with E-state index in [1.807, 2.05) is 0 Å². The monoisotopic (exact) mass is 976 g/mol. The first kappa shape index (κ1) is 43.4. The molecule has 0 bridgehead atoms. The lowest BCUT2D eigenvalue weighted by molar-refractivity contribution is 0.770. The standard InChI is InChI=1S/C75H48N2/c1-5-24-49(25-6-1)75(50-26-7-2-8-27-50)68-45-16-13-32-55(68)60-39-21-44-65(72(60)75)71-58-37-19-35-53(61-40-22-42-63-56-33-14-17-46-69(56)76(73(61)63)51-28-9-3-10-29-51)66(58)48-67-54(36-20-38-59(67)71)62-41-23-43-64-57-34-15-18-47-70(57)77(74(62)64)52-30-11-4-12-31-52/h1-48H. The Kier molecular flexibility index (Phi) is 9.58. The molecular formula is C75H48N2. The summed E-state index contributed by atoms with van der Waals surface area (Å²) in [7, 11) is 0. The lowest BCUT2D eigenvalue weighted by Crippen LogP contribution is -2.29. The molecule has 0 saturated heterocycles. The van der Waals surface area contributed by atoms with Crippen molar-refractivity contribution in [1.82, 2.24) is 9.13 Å². The van der Waals surface area contributed by atoms with E-state index in [2.05, 4.69) is 300 Å². The van der Waals surface area contributed by atoms with Crippen LogP contribution in [0.1, 0.15) is 22.3 Å². The second-order valence-corrected chi connectivity index (χ2v) is 20.6. The van der Waals surface area contributed by atoms with E-state index in [4.69, 9.17) is 0 Å². The molecule has 2 heteroatoms. The van der Waals surface area contributed by atoms with Gasteiger partial charge in [0.15, 0.2) is 0 Å². The van der Waals surface area contributed by atoms with Crippen LogP contribution in [0.25, 0.3) is 121 Å². The van der Waals surface area contributed by atoms with E-state index < -0.39 is 5.41 Å². The maximum absolute atomic E-state index is 2.53. The van der Waals surface area contributed by atoms with Crippen molar-refractivity contribution in [3.8, 4) is 55.9 Å². The Bertz CT molecular complexity index is 4580. The molecule has 0 radical (unpaired) electrons. The Morgan fingerprint density at radius 1 is 0.234 bits per heavy atom. The molecule has 0 fully saturated rings. The highest BCUT2D eigenvalue weighted by atomic mass is 15.0. The largest absolute Gasteiger partial charge is 0.309 e. The Balaban J connectivity index is 1.09. The van der Waals surface area contributed by atoms with Crippen LogP contribution in [0.3, 0.4) is 0 Å². The second kappa shape index (κ2) is 17.0. The van der Waals surface area contributed by atoms with Crippen LogP contribution in [-0.2, 0) is 5.41 Å². The van der Waals surface area contributed by atoms with Gasteiger partial charge in [0.1, 0.15) is 0 Å². The molecule has 1 aliphatic carbocycles. The van der Waals surface area contributed by atoms with E-state index in [0.29, 0.717) is 0 Å². The van der Waals surface area contributed by atoms with Crippen LogP contribution in [0, 0.1) is 0 Å². The van der Waals surface area contributed by atoms with Gasteiger partial charge < -0.3 is 9.13 Å². The van der Waals surface area contributed by atoms with Crippen molar-refractivity contribution in [2.75, 3.05) is 0 Å². The van der Waals surface area contributed by atoms with Gasteiger partial charge in [0.25, 0.3) is 0 Å². The smallest absolute Gasteiger partial charge is 0.0719 e. The molecule has 358 valence electrons. The Hall–Kier alpha value is -10.0. The summed E-state index contributed by atoms with van der Waals surface area (Å²) in [6.45, 7) is 0. The highest BCUT2D eigenvalue weighted by Crippen LogP contribution is 2.60. The van der Waals surface area contributed by atoms with Crippen LogP contribution in [0.4, 0.5) is 0 Å². The molecule has 16 rings (SSSR count). The van der Waals surface area contributed by atoms with Gasteiger partial charge in [-0.2, -0.15) is 0 Å². The van der Waals surface area contributed by atoms with E-state index in [1.54, 1.807) is 0 Å². The number of para-hydroxylation sites is 6. The van der Waals surface area contributed by atoms with Gasteiger partial charge in [0.05, 0.1) is 27.5 Å². The fraction of sp³-hybridized carbons (Fsp3) is 0.0133. The molecule has 0 unspecified atom stereocenters. The maximum atomic E-state index is 2.53. The SMILES string of the molecule is c1ccc(-n2c3ccccc3c3cccc(-c4cccc5c(-c6cccc7c6C(c6ccccc6)(c6ccccc6)c6ccccc6-7)c6cccc(-c7cccc8c9ccccc9n(-c9ccccc9)c78)c6cc45)c32)cc1. The predicted molar refractivity (Wildman–Crippen MR) is 324 cm³/mol. The fourth-order valence-electron chi connectivity index (χ4n) is 13.8. The van der Waals surface area contributed by atoms with Crippen molar-refractivity contribution >= 4 is 65.2 Å². The van der Waals surface area contributed by atoms with Gasteiger partial charge in [0, 0.05) is 44.0 Å². The zero-order valence-electron chi connectivity index (χ0n) is 42.1. The predicted octanol–water partition coefficient (Wildman–Crippen LogP) is 19.6. The van der Waals surface area contributed by atoms with Crippen molar-refractivity contribution in [2.24, 2.45) is 0 Å².